The van der Waals surface area contributed by atoms with Crippen LogP contribution in [-0.2, 0) is 4.74 Å². The average molecular weight is 275 g/mol. The van der Waals surface area contributed by atoms with Crippen molar-refractivity contribution < 1.29 is 9.47 Å². The number of anilines is 1. The van der Waals surface area contributed by atoms with Gasteiger partial charge in [-0.2, -0.15) is 15.0 Å². The molecule has 0 saturated heterocycles. The van der Waals surface area contributed by atoms with Crippen molar-refractivity contribution in [2.45, 2.75) is 26.9 Å². The van der Waals surface area contributed by atoms with Gasteiger partial charge in [-0.3, -0.25) is 0 Å². The normalized spacial score (nSPS) is 10.8. The Bertz CT molecular complexity index is 376. The fourth-order valence-corrected chi connectivity index (χ4v) is 1.48. The molecule has 102 valence electrons. The molecule has 0 fully saturated rings. The lowest BCUT2D eigenvalue weighted by molar-refractivity contribution is 0.204. The third-order valence-electron chi connectivity index (χ3n) is 2.15. The van der Waals surface area contributed by atoms with Gasteiger partial charge in [0.2, 0.25) is 11.2 Å². The minimum atomic E-state index is -0.00892. The van der Waals surface area contributed by atoms with Crippen LogP contribution in [0.2, 0.25) is 5.28 Å². The molecule has 18 heavy (non-hydrogen) atoms. The Balaban J connectivity index is 2.88. The van der Waals surface area contributed by atoms with Crippen LogP contribution in [0.3, 0.4) is 0 Å². The maximum Gasteiger partial charge on any atom is 0.322 e. The van der Waals surface area contributed by atoms with Crippen LogP contribution in [0.25, 0.3) is 0 Å². The summed E-state index contributed by atoms with van der Waals surface area (Å²) >= 11 is 5.87. The summed E-state index contributed by atoms with van der Waals surface area (Å²) in [4.78, 5) is 14.2. The fourth-order valence-electron chi connectivity index (χ4n) is 1.33. The lowest BCUT2D eigenvalue weighted by Gasteiger charge is -2.20. The van der Waals surface area contributed by atoms with Gasteiger partial charge in [0.15, 0.2) is 0 Å². The molecular formula is C11H19ClN4O2. The second-order valence-corrected chi connectivity index (χ2v) is 4.26. The Hall–Kier alpha value is -1.14. The van der Waals surface area contributed by atoms with Gasteiger partial charge in [0.25, 0.3) is 0 Å². The molecule has 1 heterocycles. The minimum absolute atomic E-state index is 0.00892. The van der Waals surface area contributed by atoms with E-state index in [1.165, 1.54) is 0 Å². The highest BCUT2D eigenvalue weighted by Crippen LogP contribution is 2.15. The molecule has 0 aliphatic heterocycles. The summed E-state index contributed by atoms with van der Waals surface area (Å²) in [5, 5.41) is 0.131. The molecule has 1 rings (SSSR count). The van der Waals surface area contributed by atoms with Gasteiger partial charge in [-0.15, -0.1) is 0 Å². The fraction of sp³-hybridized carbons (Fsp3) is 0.727. The number of aromatic nitrogens is 3. The summed E-state index contributed by atoms with van der Waals surface area (Å²) in [6, 6.07) is 0.246. The van der Waals surface area contributed by atoms with E-state index in [0.29, 0.717) is 19.1 Å². The van der Waals surface area contributed by atoms with E-state index in [4.69, 9.17) is 21.1 Å². The Morgan fingerprint density at radius 2 is 2.00 bits per heavy atom. The van der Waals surface area contributed by atoms with Gasteiger partial charge in [0.05, 0.1) is 12.7 Å². The number of hydrogen-bond donors (Lipinski definition) is 0. The number of nitrogens with zero attached hydrogens (tertiary/aromatic N) is 4. The van der Waals surface area contributed by atoms with Crippen molar-refractivity contribution in [1.82, 2.24) is 15.0 Å². The first-order valence-electron chi connectivity index (χ1n) is 5.89. The van der Waals surface area contributed by atoms with Crippen LogP contribution in [0.15, 0.2) is 0 Å². The van der Waals surface area contributed by atoms with Crippen LogP contribution >= 0.6 is 11.6 Å². The summed E-state index contributed by atoms with van der Waals surface area (Å²) in [5.41, 5.74) is 0. The summed E-state index contributed by atoms with van der Waals surface area (Å²) in [6.45, 7) is 7.85. The molecule has 1 aromatic rings. The Morgan fingerprint density at radius 3 is 2.56 bits per heavy atom. The highest BCUT2D eigenvalue weighted by Gasteiger charge is 2.12. The molecule has 0 aromatic carbocycles. The smallest absolute Gasteiger partial charge is 0.322 e. The molecule has 0 unspecified atom stereocenters. The average Bonchev–Trinajstić information content (AvgIpc) is 2.28. The van der Waals surface area contributed by atoms with E-state index in [2.05, 4.69) is 15.0 Å². The number of ether oxygens (including phenoxy) is 2. The highest BCUT2D eigenvalue weighted by atomic mass is 35.5. The molecule has 0 radical (unpaired) electrons. The largest absolute Gasteiger partial charge is 0.461 e. The van der Waals surface area contributed by atoms with E-state index in [1.54, 1.807) is 7.11 Å². The van der Waals surface area contributed by atoms with E-state index in [9.17, 15) is 0 Å². The summed E-state index contributed by atoms with van der Waals surface area (Å²) in [7, 11) is 1.65. The zero-order valence-corrected chi connectivity index (χ0v) is 11.9. The quantitative estimate of drug-likeness (QED) is 0.755. The SMILES string of the molecule is CCN(CCOC)c1nc(Cl)nc(OC(C)C)n1. The van der Waals surface area contributed by atoms with Crippen LogP contribution in [0.5, 0.6) is 6.01 Å². The molecule has 7 heteroatoms. The Kier molecular flexibility index (Phi) is 6.07. The molecular weight excluding hydrogens is 256 g/mol. The summed E-state index contributed by atoms with van der Waals surface area (Å²) in [5.74, 6) is 0.505. The van der Waals surface area contributed by atoms with Gasteiger partial charge >= 0.3 is 6.01 Å². The van der Waals surface area contributed by atoms with Crippen molar-refractivity contribution in [1.29, 1.82) is 0 Å². The van der Waals surface area contributed by atoms with Crippen LogP contribution < -0.4 is 9.64 Å². The Morgan fingerprint density at radius 1 is 1.28 bits per heavy atom. The van der Waals surface area contributed by atoms with Gasteiger partial charge in [0.1, 0.15) is 0 Å². The topological polar surface area (TPSA) is 60.4 Å². The second-order valence-electron chi connectivity index (χ2n) is 3.93. The van der Waals surface area contributed by atoms with Crippen molar-refractivity contribution in [2.75, 3.05) is 31.7 Å². The molecule has 0 bridgehead atoms. The molecule has 0 aliphatic carbocycles. The number of rotatable bonds is 7. The van der Waals surface area contributed by atoms with E-state index >= 15 is 0 Å². The second kappa shape index (κ2) is 7.33. The molecule has 0 N–H and O–H groups in total. The van der Waals surface area contributed by atoms with Gasteiger partial charge in [-0.1, -0.05) is 0 Å². The monoisotopic (exact) mass is 274 g/mol. The van der Waals surface area contributed by atoms with Crippen molar-refractivity contribution in [3.63, 3.8) is 0 Å². The molecule has 0 spiro atoms. The predicted octanol–water partition coefficient (Wildman–Crippen LogP) is 1.78. The van der Waals surface area contributed by atoms with Crippen molar-refractivity contribution in [3.05, 3.63) is 5.28 Å². The predicted molar refractivity (Wildman–Crippen MR) is 70.4 cm³/mol. The molecule has 0 amide bonds. The molecule has 6 nitrogen and oxygen atoms in total. The van der Waals surface area contributed by atoms with Gasteiger partial charge < -0.3 is 14.4 Å². The Labute approximate surface area is 112 Å². The third-order valence-corrected chi connectivity index (χ3v) is 2.32. The maximum absolute atomic E-state index is 5.87. The first-order chi connectivity index (χ1) is 8.56. The first kappa shape index (κ1) is 14.9. The zero-order chi connectivity index (χ0) is 13.5. The van der Waals surface area contributed by atoms with Crippen LogP contribution in [-0.4, -0.2) is 47.9 Å². The maximum atomic E-state index is 5.87. The molecule has 0 saturated carbocycles. The van der Waals surface area contributed by atoms with Crippen LogP contribution in [0.1, 0.15) is 20.8 Å². The zero-order valence-electron chi connectivity index (χ0n) is 11.2. The summed E-state index contributed by atoms with van der Waals surface area (Å²) < 4.78 is 10.5. The highest BCUT2D eigenvalue weighted by molar-refractivity contribution is 6.28. The van der Waals surface area contributed by atoms with Crippen molar-refractivity contribution in [2.24, 2.45) is 0 Å². The number of methoxy groups -OCH3 is 1. The third kappa shape index (κ3) is 4.62. The summed E-state index contributed by atoms with van der Waals surface area (Å²) in [6.07, 6.45) is -0.00892. The number of halogens is 1. The number of likely N-dealkylation sites (N-methyl/N-ethyl adjacent to an activating group) is 1. The lowest BCUT2D eigenvalue weighted by Crippen LogP contribution is -2.29. The lowest BCUT2D eigenvalue weighted by atomic mass is 10.5. The van der Waals surface area contributed by atoms with Crippen LogP contribution in [0, 0.1) is 0 Å². The molecule has 1 aromatic heterocycles. The molecule has 0 atom stereocenters. The van der Waals surface area contributed by atoms with E-state index in [0.717, 1.165) is 6.54 Å². The van der Waals surface area contributed by atoms with Gasteiger partial charge in [-0.05, 0) is 32.4 Å². The van der Waals surface area contributed by atoms with Gasteiger partial charge in [0, 0.05) is 20.2 Å². The van der Waals surface area contributed by atoms with Crippen molar-refractivity contribution >= 4 is 17.5 Å². The number of hydrogen-bond acceptors (Lipinski definition) is 6. The minimum Gasteiger partial charge on any atom is -0.461 e. The van der Waals surface area contributed by atoms with Crippen molar-refractivity contribution in [3.8, 4) is 6.01 Å². The standard InChI is InChI=1S/C11H19ClN4O2/c1-5-16(6-7-17-4)10-13-9(12)14-11(15-10)18-8(2)3/h8H,5-7H2,1-4H3. The van der Waals surface area contributed by atoms with E-state index in [-0.39, 0.29) is 17.4 Å². The molecule has 0 aliphatic rings. The first-order valence-corrected chi connectivity index (χ1v) is 6.26. The van der Waals surface area contributed by atoms with E-state index < -0.39 is 0 Å². The van der Waals surface area contributed by atoms with Crippen LogP contribution in [0.4, 0.5) is 5.95 Å². The van der Waals surface area contributed by atoms with E-state index in [1.807, 2.05) is 25.7 Å². The van der Waals surface area contributed by atoms with Gasteiger partial charge in [-0.25, -0.2) is 0 Å².